The van der Waals surface area contributed by atoms with Gasteiger partial charge in [0.1, 0.15) is 0 Å². The Balaban J connectivity index is 2.22. The Morgan fingerprint density at radius 2 is 1.78 bits per heavy atom. The highest BCUT2D eigenvalue weighted by atomic mass is 127. The molecule has 1 heterocycles. The number of ether oxygens (including phenoxy) is 2. The van der Waals surface area contributed by atoms with Crippen LogP contribution in [0.25, 0.3) is 10.8 Å². The van der Waals surface area contributed by atoms with E-state index < -0.39 is 0 Å². The first-order chi connectivity index (χ1) is 11.1. The molecule has 1 aromatic heterocycles. The summed E-state index contributed by atoms with van der Waals surface area (Å²) in [6.07, 6.45) is 2.16. The summed E-state index contributed by atoms with van der Waals surface area (Å²) in [5.41, 5.74) is 1.00. The quantitative estimate of drug-likeness (QED) is 0.427. The highest BCUT2D eigenvalue weighted by molar-refractivity contribution is 14.1. The fourth-order valence-electron chi connectivity index (χ4n) is 2.85. The summed E-state index contributed by atoms with van der Waals surface area (Å²) in [4.78, 5) is 0. The van der Waals surface area contributed by atoms with Gasteiger partial charge in [0.2, 0.25) is 5.88 Å². The third-order valence-corrected chi connectivity index (χ3v) is 5.04. The lowest BCUT2D eigenvalue weighted by molar-refractivity contribution is 0.0439. The van der Waals surface area contributed by atoms with Gasteiger partial charge in [-0.25, -0.2) is 0 Å². The molecule has 3 nitrogen and oxygen atoms in total. The van der Waals surface area contributed by atoms with E-state index in [1.807, 2.05) is 6.07 Å². The first-order valence-corrected chi connectivity index (χ1v) is 8.61. The van der Waals surface area contributed by atoms with Gasteiger partial charge in [0, 0.05) is 22.3 Å². The summed E-state index contributed by atoms with van der Waals surface area (Å²) in [6, 6.07) is 16.8. The van der Waals surface area contributed by atoms with Crippen LogP contribution in [0, 0.1) is 3.57 Å². The van der Waals surface area contributed by atoms with Crippen molar-refractivity contribution in [2.75, 3.05) is 13.9 Å². The number of hydrogen-bond donors (Lipinski definition) is 0. The van der Waals surface area contributed by atoms with Crippen molar-refractivity contribution in [1.82, 2.24) is 4.57 Å². The molecule has 0 aliphatic rings. The van der Waals surface area contributed by atoms with Gasteiger partial charge in [-0.15, -0.1) is 0 Å². The van der Waals surface area contributed by atoms with Gasteiger partial charge >= 0.3 is 0 Å². The minimum absolute atomic E-state index is 0.230. The minimum atomic E-state index is -0.230. The third-order valence-electron chi connectivity index (χ3n) is 4.14. The topological polar surface area (TPSA) is 23.4 Å². The Hall–Kier alpha value is -1.53. The van der Waals surface area contributed by atoms with E-state index in [1.54, 1.807) is 7.11 Å². The molecular weight excluding hydrogens is 401 g/mol. The number of halogens is 1. The Bertz CT molecular complexity index is 809. The van der Waals surface area contributed by atoms with E-state index in [4.69, 9.17) is 9.47 Å². The number of rotatable bonds is 5. The Morgan fingerprint density at radius 1 is 1.04 bits per heavy atom. The summed E-state index contributed by atoms with van der Waals surface area (Å²) in [6.45, 7) is 4.64. The summed E-state index contributed by atoms with van der Waals surface area (Å²) in [5, 5.41) is 2.31. The lowest BCUT2D eigenvalue weighted by Crippen LogP contribution is -2.27. The highest BCUT2D eigenvalue weighted by Crippen LogP contribution is 2.38. The van der Waals surface area contributed by atoms with Crippen LogP contribution in [0.2, 0.25) is 0 Å². The molecule has 120 valence electrons. The van der Waals surface area contributed by atoms with Crippen molar-refractivity contribution in [1.29, 1.82) is 0 Å². The van der Waals surface area contributed by atoms with Crippen molar-refractivity contribution in [3.05, 3.63) is 63.9 Å². The molecule has 0 amide bonds. The minimum Gasteiger partial charge on any atom is -0.451 e. The maximum atomic E-state index is 5.96. The van der Waals surface area contributed by atoms with Gasteiger partial charge in [-0.2, -0.15) is 0 Å². The molecule has 0 spiro atoms. The second-order valence-electron chi connectivity index (χ2n) is 5.98. The summed E-state index contributed by atoms with van der Waals surface area (Å²) in [5.74, 6) is 0.848. The molecule has 4 heteroatoms. The molecule has 0 unspecified atom stereocenters. The predicted molar refractivity (Wildman–Crippen MR) is 102 cm³/mol. The van der Waals surface area contributed by atoms with Crippen LogP contribution in [0.15, 0.2) is 54.7 Å². The van der Waals surface area contributed by atoms with Crippen LogP contribution in [0.3, 0.4) is 0 Å². The van der Waals surface area contributed by atoms with Gasteiger partial charge < -0.3 is 14.0 Å². The Kier molecular flexibility index (Phi) is 4.64. The molecule has 0 aliphatic heterocycles. The highest BCUT2D eigenvalue weighted by Gasteiger charge is 2.27. The Morgan fingerprint density at radius 3 is 2.48 bits per heavy atom. The fraction of sp³-hybridized carbons (Fsp3) is 0.263. The third kappa shape index (κ3) is 2.97. The number of methoxy groups -OCH3 is 1. The summed E-state index contributed by atoms with van der Waals surface area (Å²) >= 11 is 2.36. The van der Waals surface area contributed by atoms with E-state index in [0.717, 1.165) is 11.3 Å². The lowest BCUT2D eigenvalue weighted by Gasteiger charge is -2.29. The molecule has 0 saturated carbocycles. The van der Waals surface area contributed by atoms with Gasteiger partial charge in [-0.05, 0) is 48.1 Å². The zero-order chi connectivity index (χ0) is 16.4. The molecule has 0 fully saturated rings. The molecule has 3 rings (SSSR count). The van der Waals surface area contributed by atoms with Crippen molar-refractivity contribution in [2.45, 2.75) is 19.4 Å². The molecular formula is C19H20INO2. The van der Waals surface area contributed by atoms with Crippen LogP contribution in [0.5, 0.6) is 5.88 Å². The molecule has 0 radical (unpaired) electrons. The van der Waals surface area contributed by atoms with Crippen LogP contribution >= 0.6 is 22.6 Å². The smallest absolute Gasteiger partial charge is 0.205 e. The van der Waals surface area contributed by atoms with Crippen LogP contribution < -0.4 is 4.74 Å². The van der Waals surface area contributed by atoms with E-state index in [-0.39, 0.29) is 12.3 Å². The van der Waals surface area contributed by atoms with Gasteiger partial charge in [0.25, 0.3) is 0 Å². The molecule has 0 N–H and O–H groups in total. The van der Waals surface area contributed by atoms with E-state index in [9.17, 15) is 0 Å². The molecule has 3 aromatic rings. The average molecular weight is 421 g/mol. The van der Waals surface area contributed by atoms with E-state index >= 15 is 0 Å². The first-order valence-electron chi connectivity index (χ1n) is 7.53. The zero-order valence-electron chi connectivity index (χ0n) is 13.5. The van der Waals surface area contributed by atoms with Gasteiger partial charge in [0.15, 0.2) is 6.79 Å². The second kappa shape index (κ2) is 6.53. The van der Waals surface area contributed by atoms with Crippen molar-refractivity contribution >= 4 is 33.4 Å². The zero-order valence-corrected chi connectivity index (χ0v) is 15.7. The van der Waals surface area contributed by atoms with Crippen LogP contribution in [0.1, 0.15) is 19.4 Å². The maximum absolute atomic E-state index is 5.96. The monoisotopic (exact) mass is 421 g/mol. The SMILES string of the molecule is COCOc1c2c(I)cccc2cn1C(C)(C)c1ccccc1. The lowest BCUT2D eigenvalue weighted by atomic mass is 9.94. The van der Waals surface area contributed by atoms with Crippen LogP contribution in [-0.4, -0.2) is 18.5 Å². The van der Waals surface area contributed by atoms with Crippen molar-refractivity contribution in [3.63, 3.8) is 0 Å². The van der Waals surface area contributed by atoms with Gasteiger partial charge in [0.05, 0.1) is 10.9 Å². The first kappa shape index (κ1) is 16.3. The van der Waals surface area contributed by atoms with Crippen molar-refractivity contribution in [3.8, 4) is 5.88 Å². The van der Waals surface area contributed by atoms with E-state index in [1.165, 1.54) is 14.5 Å². The average Bonchev–Trinajstić information content (AvgIpc) is 2.94. The molecule has 2 aromatic carbocycles. The predicted octanol–water partition coefficient (Wildman–Crippen LogP) is 5.01. The summed E-state index contributed by atoms with van der Waals surface area (Å²) < 4.78 is 14.5. The van der Waals surface area contributed by atoms with Crippen molar-refractivity contribution in [2.24, 2.45) is 0 Å². The number of fused-ring (bicyclic) bond motifs is 1. The van der Waals surface area contributed by atoms with Crippen LogP contribution in [-0.2, 0) is 10.3 Å². The van der Waals surface area contributed by atoms with Crippen LogP contribution in [0.4, 0.5) is 0 Å². The molecule has 0 bridgehead atoms. The Labute approximate surface area is 150 Å². The van der Waals surface area contributed by atoms with E-state index in [0.29, 0.717) is 0 Å². The summed E-state index contributed by atoms with van der Waals surface area (Å²) in [7, 11) is 1.64. The normalized spacial score (nSPS) is 11.8. The molecule has 0 saturated heterocycles. The number of hydrogen-bond acceptors (Lipinski definition) is 2. The largest absolute Gasteiger partial charge is 0.451 e. The molecule has 23 heavy (non-hydrogen) atoms. The van der Waals surface area contributed by atoms with E-state index in [2.05, 4.69) is 89.7 Å². The standard InChI is InChI=1S/C19H20INO2/c1-19(2,15-9-5-4-6-10-15)21-12-14-8-7-11-16(20)17(14)18(21)23-13-22-3/h4-12H,13H2,1-3H3. The van der Waals surface area contributed by atoms with Gasteiger partial charge in [-0.1, -0.05) is 42.5 Å². The molecule has 0 atom stereocenters. The number of nitrogens with zero attached hydrogens (tertiary/aromatic N) is 1. The van der Waals surface area contributed by atoms with Crippen molar-refractivity contribution < 1.29 is 9.47 Å². The number of benzene rings is 2. The fourth-order valence-corrected chi connectivity index (χ4v) is 3.60. The molecule has 0 aliphatic carbocycles. The van der Waals surface area contributed by atoms with Gasteiger partial charge in [-0.3, -0.25) is 0 Å². The maximum Gasteiger partial charge on any atom is 0.205 e. The number of aromatic nitrogens is 1. The second-order valence-corrected chi connectivity index (χ2v) is 7.15.